The average Bonchev–Trinajstić information content (AvgIpc) is 2.87. The molecule has 1 aromatic heterocycles. The van der Waals surface area contributed by atoms with E-state index in [1.54, 1.807) is 6.07 Å². The van der Waals surface area contributed by atoms with E-state index in [-0.39, 0.29) is 12.6 Å². The van der Waals surface area contributed by atoms with Crippen LogP contribution in [0.25, 0.3) is 11.1 Å². The third kappa shape index (κ3) is 5.30. The minimum Gasteiger partial charge on any atom is -0.482 e. The Bertz CT molecular complexity index is 1130. The van der Waals surface area contributed by atoms with Crippen molar-refractivity contribution in [2.75, 3.05) is 37.7 Å². The second-order valence-corrected chi connectivity index (χ2v) is 8.01. The Hall–Kier alpha value is -3.89. The van der Waals surface area contributed by atoms with E-state index in [2.05, 4.69) is 27.8 Å². The van der Waals surface area contributed by atoms with Crippen LogP contribution < -0.4 is 9.64 Å². The van der Waals surface area contributed by atoms with Gasteiger partial charge in [0.1, 0.15) is 11.6 Å². The Balaban J connectivity index is 1.58. The molecule has 0 saturated carbocycles. The monoisotopic (exact) mass is 442 g/mol. The van der Waals surface area contributed by atoms with Gasteiger partial charge in [0.05, 0.1) is 11.6 Å². The molecule has 0 spiro atoms. The van der Waals surface area contributed by atoms with Crippen molar-refractivity contribution in [2.45, 2.75) is 13.0 Å². The predicted molar refractivity (Wildman–Crippen MR) is 126 cm³/mol. The van der Waals surface area contributed by atoms with Crippen LogP contribution in [0.5, 0.6) is 5.75 Å². The maximum absolute atomic E-state index is 11.0. The Morgan fingerprint density at radius 1 is 1.12 bits per heavy atom. The number of rotatable bonds is 7. The summed E-state index contributed by atoms with van der Waals surface area (Å²) in [6.45, 7) is 5.30. The number of ether oxygens (including phenoxy) is 1. The normalized spacial score (nSPS) is 15.0. The van der Waals surface area contributed by atoms with Gasteiger partial charge in [-0.05, 0) is 60.0 Å². The summed E-state index contributed by atoms with van der Waals surface area (Å²) in [6.07, 6.45) is 1.82. The highest BCUT2D eigenvalue weighted by molar-refractivity contribution is 5.71. The summed E-state index contributed by atoms with van der Waals surface area (Å²) >= 11 is 0. The molecule has 1 N–H and O–H groups in total. The third-order valence-corrected chi connectivity index (χ3v) is 6.00. The topological polar surface area (TPSA) is 89.7 Å². The zero-order valence-corrected chi connectivity index (χ0v) is 18.5. The molecular formula is C26H26N4O3. The van der Waals surface area contributed by atoms with Crippen molar-refractivity contribution in [3.63, 3.8) is 0 Å². The quantitative estimate of drug-likeness (QED) is 0.592. The molecule has 1 saturated heterocycles. The van der Waals surface area contributed by atoms with Gasteiger partial charge in [-0.15, -0.1) is 0 Å². The van der Waals surface area contributed by atoms with Crippen LogP contribution in [0, 0.1) is 11.3 Å². The number of benzene rings is 2. The summed E-state index contributed by atoms with van der Waals surface area (Å²) in [6, 6.07) is 21.4. The lowest BCUT2D eigenvalue weighted by Gasteiger charge is -2.39. The number of hydrogen-bond donors (Lipinski definition) is 1. The van der Waals surface area contributed by atoms with Crippen LogP contribution >= 0.6 is 0 Å². The Morgan fingerprint density at radius 3 is 2.52 bits per heavy atom. The second kappa shape index (κ2) is 10.2. The summed E-state index contributed by atoms with van der Waals surface area (Å²) in [7, 11) is 0. The largest absolute Gasteiger partial charge is 0.482 e. The highest BCUT2D eigenvalue weighted by Gasteiger charge is 2.25. The molecule has 2 aromatic carbocycles. The van der Waals surface area contributed by atoms with Crippen LogP contribution in [0.1, 0.15) is 24.1 Å². The van der Waals surface area contributed by atoms with Crippen LogP contribution in [-0.2, 0) is 4.79 Å². The maximum Gasteiger partial charge on any atom is 0.341 e. The number of piperazine rings is 1. The zero-order valence-electron chi connectivity index (χ0n) is 18.5. The Morgan fingerprint density at radius 2 is 1.88 bits per heavy atom. The average molecular weight is 443 g/mol. The fraction of sp³-hybridized carbons (Fsp3) is 0.269. The summed E-state index contributed by atoms with van der Waals surface area (Å²) < 4.78 is 5.47. The summed E-state index contributed by atoms with van der Waals surface area (Å²) in [5.41, 5.74) is 3.73. The molecule has 2 heterocycles. The molecule has 1 fully saturated rings. The van der Waals surface area contributed by atoms with Gasteiger partial charge >= 0.3 is 5.97 Å². The smallest absolute Gasteiger partial charge is 0.341 e. The number of carbonyl (C=O) groups is 1. The highest BCUT2D eigenvalue weighted by Crippen LogP contribution is 2.35. The minimum absolute atomic E-state index is 0.0925. The van der Waals surface area contributed by atoms with Crippen molar-refractivity contribution in [3.05, 3.63) is 78.0 Å². The third-order valence-electron chi connectivity index (χ3n) is 6.00. The van der Waals surface area contributed by atoms with Crippen molar-refractivity contribution >= 4 is 11.8 Å². The first kappa shape index (κ1) is 22.3. The van der Waals surface area contributed by atoms with Gasteiger partial charge in [0.15, 0.2) is 6.61 Å². The van der Waals surface area contributed by atoms with E-state index in [4.69, 9.17) is 15.1 Å². The van der Waals surface area contributed by atoms with Crippen LogP contribution in [0.15, 0.2) is 66.9 Å². The van der Waals surface area contributed by atoms with E-state index in [9.17, 15) is 4.79 Å². The molecule has 33 heavy (non-hydrogen) atoms. The number of nitriles is 1. The first-order chi connectivity index (χ1) is 16.0. The molecule has 4 rings (SSSR count). The molecule has 0 aliphatic carbocycles. The van der Waals surface area contributed by atoms with E-state index in [1.165, 1.54) is 0 Å². The standard InChI is InChI=1S/C26H26N4O3/c1-19(29-12-14-30(15-13-29)25-4-2-3-11-28-25)24-16-22(33-18-26(31)32)9-10-23(24)21-7-5-20(17-27)6-8-21/h2-11,16,19H,12-15,18H2,1H3,(H,31,32). The number of aliphatic carboxylic acids is 1. The molecule has 3 aromatic rings. The number of carboxylic acid groups (broad SMARTS) is 1. The van der Waals surface area contributed by atoms with Crippen molar-refractivity contribution in [2.24, 2.45) is 0 Å². The number of nitrogens with zero attached hydrogens (tertiary/aromatic N) is 4. The summed E-state index contributed by atoms with van der Waals surface area (Å²) in [5, 5.41) is 18.1. The van der Waals surface area contributed by atoms with E-state index in [0.29, 0.717) is 11.3 Å². The molecule has 0 bridgehead atoms. The molecule has 0 amide bonds. The van der Waals surface area contributed by atoms with Gasteiger partial charge in [-0.3, -0.25) is 4.90 Å². The lowest BCUT2D eigenvalue weighted by molar-refractivity contribution is -0.139. The minimum atomic E-state index is -1.01. The fourth-order valence-electron chi connectivity index (χ4n) is 4.18. The first-order valence-corrected chi connectivity index (χ1v) is 10.9. The van der Waals surface area contributed by atoms with E-state index >= 15 is 0 Å². The summed E-state index contributed by atoms with van der Waals surface area (Å²) in [5.74, 6) is 0.516. The number of hydrogen-bond acceptors (Lipinski definition) is 6. The van der Waals surface area contributed by atoms with Crippen LogP contribution in [0.4, 0.5) is 5.82 Å². The molecule has 1 aliphatic rings. The van der Waals surface area contributed by atoms with E-state index in [0.717, 1.165) is 48.7 Å². The van der Waals surface area contributed by atoms with Crippen molar-refractivity contribution in [1.29, 1.82) is 5.26 Å². The molecule has 1 unspecified atom stereocenters. The van der Waals surface area contributed by atoms with Crippen LogP contribution in [0.2, 0.25) is 0 Å². The van der Waals surface area contributed by atoms with Crippen molar-refractivity contribution < 1.29 is 14.6 Å². The number of carboxylic acids is 1. The van der Waals surface area contributed by atoms with E-state index in [1.807, 2.05) is 60.8 Å². The van der Waals surface area contributed by atoms with E-state index < -0.39 is 5.97 Å². The van der Waals surface area contributed by atoms with Gasteiger partial charge < -0.3 is 14.7 Å². The second-order valence-electron chi connectivity index (χ2n) is 8.01. The SMILES string of the molecule is CC(c1cc(OCC(=O)O)ccc1-c1ccc(C#N)cc1)N1CCN(c2ccccn2)CC1. The van der Waals surface area contributed by atoms with Crippen LogP contribution in [-0.4, -0.2) is 53.7 Å². The number of anilines is 1. The maximum atomic E-state index is 11.0. The molecular weight excluding hydrogens is 416 g/mol. The summed E-state index contributed by atoms with van der Waals surface area (Å²) in [4.78, 5) is 20.1. The highest BCUT2D eigenvalue weighted by atomic mass is 16.5. The molecule has 7 heteroatoms. The zero-order chi connectivity index (χ0) is 23.2. The molecule has 0 radical (unpaired) electrons. The molecule has 1 atom stereocenters. The van der Waals surface area contributed by atoms with Gasteiger partial charge in [-0.25, -0.2) is 9.78 Å². The van der Waals surface area contributed by atoms with Crippen molar-refractivity contribution in [3.8, 4) is 22.9 Å². The lowest BCUT2D eigenvalue weighted by Crippen LogP contribution is -2.47. The number of aromatic nitrogens is 1. The fourth-order valence-corrected chi connectivity index (χ4v) is 4.18. The predicted octanol–water partition coefficient (Wildman–Crippen LogP) is 3.97. The molecule has 7 nitrogen and oxygen atoms in total. The van der Waals surface area contributed by atoms with Gasteiger partial charge in [-0.2, -0.15) is 5.26 Å². The van der Waals surface area contributed by atoms with Gasteiger partial charge in [0.25, 0.3) is 0 Å². The first-order valence-electron chi connectivity index (χ1n) is 10.9. The number of pyridine rings is 1. The van der Waals surface area contributed by atoms with Crippen molar-refractivity contribution in [1.82, 2.24) is 9.88 Å². The molecule has 168 valence electrons. The molecule has 1 aliphatic heterocycles. The van der Waals surface area contributed by atoms with Gasteiger partial charge in [0, 0.05) is 38.4 Å². The van der Waals surface area contributed by atoms with Crippen LogP contribution in [0.3, 0.4) is 0 Å². The Kier molecular flexibility index (Phi) is 6.86. The Labute approximate surface area is 193 Å². The van der Waals surface area contributed by atoms with Gasteiger partial charge in [-0.1, -0.05) is 24.3 Å². The van der Waals surface area contributed by atoms with Gasteiger partial charge in [0.2, 0.25) is 0 Å². The lowest BCUT2D eigenvalue weighted by atomic mass is 9.93.